The number of methoxy groups -OCH3 is 1. The second kappa shape index (κ2) is 5.52. The molecule has 0 amide bonds. The van der Waals surface area contributed by atoms with Crippen molar-refractivity contribution < 1.29 is 9.84 Å². The smallest absolute Gasteiger partial charge is 0.0781 e. The van der Waals surface area contributed by atoms with Gasteiger partial charge in [0, 0.05) is 18.4 Å². The van der Waals surface area contributed by atoms with Gasteiger partial charge in [-0.1, -0.05) is 18.2 Å². The minimum Gasteiger partial charge on any atom is -0.389 e. The number of para-hydroxylation sites is 1. The molecule has 0 aromatic heterocycles. The molecule has 1 aromatic rings. The molecule has 2 N–H and O–H groups in total. The Morgan fingerprint density at radius 3 is 2.71 bits per heavy atom. The van der Waals surface area contributed by atoms with Crippen molar-refractivity contribution in [2.45, 2.75) is 31.9 Å². The van der Waals surface area contributed by atoms with Crippen LogP contribution in [0.3, 0.4) is 0 Å². The molecule has 1 saturated carbocycles. The van der Waals surface area contributed by atoms with Gasteiger partial charge in [-0.05, 0) is 31.7 Å². The molecule has 3 heteroatoms. The van der Waals surface area contributed by atoms with E-state index in [2.05, 4.69) is 5.32 Å². The van der Waals surface area contributed by atoms with Crippen molar-refractivity contribution in [2.75, 3.05) is 19.0 Å². The number of nitrogens with one attached hydrogen (secondary N) is 1. The van der Waals surface area contributed by atoms with Crippen LogP contribution >= 0.6 is 0 Å². The summed E-state index contributed by atoms with van der Waals surface area (Å²) in [5, 5.41) is 13.2. The average Bonchev–Trinajstić information content (AvgIpc) is 3.13. The first-order valence-corrected chi connectivity index (χ1v) is 6.25. The highest BCUT2D eigenvalue weighted by molar-refractivity contribution is 5.53. The molecular formula is C14H21NO2. The van der Waals surface area contributed by atoms with Crippen LogP contribution in [0.1, 0.15) is 31.4 Å². The van der Waals surface area contributed by atoms with Gasteiger partial charge in [0.25, 0.3) is 0 Å². The van der Waals surface area contributed by atoms with Crippen LogP contribution in [0.5, 0.6) is 0 Å². The Morgan fingerprint density at radius 2 is 2.12 bits per heavy atom. The van der Waals surface area contributed by atoms with Gasteiger partial charge in [-0.15, -0.1) is 0 Å². The van der Waals surface area contributed by atoms with E-state index in [4.69, 9.17) is 4.74 Å². The van der Waals surface area contributed by atoms with Crippen LogP contribution in [0.25, 0.3) is 0 Å². The largest absolute Gasteiger partial charge is 0.389 e. The number of hydrogen-bond donors (Lipinski definition) is 2. The highest BCUT2D eigenvalue weighted by Gasteiger charge is 2.31. The molecule has 17 heavy (non-hydrogen) atoms. The fourth-order valence-corrected chi connectivity index (χ4v) is 2.17. The van der Waals surface area contributed by atoms with Crippen LogP contribution in [0, 0.1) is 5.92 Å². The van der Waals surface area contributed by atoms with Crippen LogP contribution in [0.4, 0.5) is 5.69 Å². The molecule has 94 valence electrons. The van der Waals surface area contributed by atoms with E-state index in [1.54, 1.807) is 14.0 Å². The van der Waals surface area contributed by atoms with Gasteiger partial charge in [-0.25, -0.2) is 0 Å². The third kappa shape index (κ3) is 3.20. The van der Waals surface area contributed by atoms with Gasteiger partial charge >= 0.3 is 0 Å². The maximum Gasteiger partial charge on any atom is 0.0781 e. The van der Waals surface area contributed by atoms with Crippen molar-refractivity contribution in [1.82, 2.24) is 0 Å². The van der Waals surface area contributed by atoms with Gasteiger partial charge in [-0.3, -0.25) is 0 Å². The summed E-state index contributed by atoms with van der Waals surface area (Å²) in [6, 6.07) is 8.29. The third-order valence-corrected chi connectivity index (χ3v) is 3.29. The van der Waals surface area contributed by atoms with Gasteiger partial charge in [-0.2, -0.15) is 0 Å². The number of aliphatic hydroxyl groups is 1. The summed E-state index contributed by atoms with van der Waals surface area (Å²) in [5.41, 5.74) is 1.98. The molecule has 2 atom stereocenters. The first-order valence-electron chi connectivity index (χ1n) is 6.25. The summed E-state index contributed by atoms with van der Waals surface area (Å²) < 4.78 is 5.25. The molecule has 3 nitrogen and oxygen atoms in total. The average molecular weight is 235 g/mol. The molecule has 0 bridgehead atoms. The summed E-state index contributed by atoms with van der Waals surface area (Å²) >= 11 is 0. The Bertz CT molecular complexity index is 361. The zero-order valence-electron chi connectivity index (χ0n) is 10.5. The first kappa shape index (κ1) is 12.4. The van der Waals surface area contributed by atoms with Crippen LogP contribution in [-0.2, 0) is 4.74 Å². The summed E-state index contributed by atoms with van der Waals surface area (Å²) in [7, 11) is 1.73. The molecule has 1 fully saturated rings. The molecule has 0 saturated heterocycles. The normalized spacial score (nSPS) is 18.8. The Morgan fingerprint density at radius 1 is 1.41 bits per heavy atom. The lowest BCUT2D eigenvalue weighted by Crippen LogP contribution is -2.27. The molecule has 0 spiro atoms. The molecule has 2 unspecified atom stereocenters. The monoisotopic (exact) mass is 235 g/mol. The lowest BCUT2D eigenvalue weighted by atomic mass is 10.1. The molecule has 0 heterocycles. The number of hydrogen-bond acceptors (Lipinski definition) is 3. The lowest BCUT2D eigenvalue weighted by molar-refractivity contribution is 0.178. The van der Waals surface area contributed by atoms with Crippen molar-refractivity contribution in [1.29, 1.82) is 0 Å². The van der Waals surface area contributed by atoms with Crippen LogP contribution in [0.15, 0.2) is 24.3 Å². The molecule has 2 rings (SSSR count). The van der Waals surface area contributed by atoms with E-state index in [9.17, 15) is 5.11 Å². The fraction of sp³-hybridized carbons (Fsp3) is 0.571. The van der Waals surface area contributed by atoms with Crippen molar-refractivity contribution >= 4 is 5.69 Å². The minimum absolute atomic E-state index is 0.361. The SMILES string of the molecule is COCC(Nc1ccccc1C(C)O)C1CC1. The predicted octanol–water partition coefficient (Wildman–Crippen LogP) is 2.58. The number of rotatable bonds is 6. The summed E-state index contributed by atoms with van der Waals surface area (Å²) in [6.45, 7) is 2.52. The predicted molar refractivity (Wildman–Crippen MR) is 69.1 cm³/mol. The fourth-order valence-electron chi connectivity index (χ4n) is 2.17. The highest BCUT2D eigenvalue weighted by Crippen LogP contribution is 2.35. The van der Waals surface area contributed by atoms with Crippen molar-refractivity contribution in [3.05, 3.63) is 29.8 Å². The Labute approximate surface area is 103 Å². The first-order chi connectivity index (χ1) is 8.22. The number of anilines is 1. The second-order valence-electron chi connectivity index (χ2n) is 4.81. The Hall–Kier alpha value is -1.06. The molecule has 0 radical (unpaired) electrons. The van der Waals surface area contributed by atoms with Crippen LogP contribution < -0.4 is 5.32 Å². The minimum atomic E-state index is -0.443. The highest BCUT2D eigenvalue weighted by atomic mass is 16.5. The number of benzene rings is 1. The van der Waals surface area contributed by atoms with E-state index in [0.717, 1.165) is 23.8 Å². The van der Waals surface area contributed by atoms with E-state index < -0.39 is 6.10 Å². The van der Waals surface area contributed by atoms with Gasteiger partial charge < -0.3 is 15.2 Å². The van der Waals surface area contributed by atoms with Crippen molar-refractivity contribution in [3.8, 4) is 0 Å². The molecule has 1 aliphatic carbocycles. The summed E-state index contributed by atoms with van der Waals surface area (Å²) in [6.07, 6.45) is 2.11. The maximum atomic E-state index is 9.73. The quantitative estimate of drug-likeness (QED) is 0.796. The summed E-state index contributed by atoms with van der Waals surface area (Å²) in [4.78, 5) is 0. The third-order valence-electron chi connectivity index (χ3n) is 3.29. The van der Waals surface area contributed by atoms with E-state index in [1.807, 2.05) is 24.3 Å². The molecule has 0 aliphatic heterocycles. The topological polar surface area (TPSA) is 41.5 Å². The van der Waals surface area contributed by atoms with Crippen molar-refractivity contribution in [2.24, 2.45) is 5.92 Å². The maximum absolute atomic E-state index is 9.73. The molecular weight excluding hydrogens is 214 g/mol. The zero-order chi connectivity index (χ0) is 12.3. The van der Waals surface area contributed by atoms with E-state index in [1.165, 1.54) is 12.8 Å². The van der Waals surface area contributed by atoms with Crippen LogP contribution in [-0.4, -0.2) is 24.9 Å². The number of ether oxygens (including phenoxy) is 1. The number of aliphatic hydroxyl groups excluding tert-OH is 1. The van der Waals surface area contributed by atoms with Gasteiger partial charge in [0.1, 0.15) is 0 Å². The molecule has 1 aliphatic rings. The lowest BCUT2D eigenvalue weighted by Gasteiger charge is -2.21. The van der Waals surface area contributed by atoms with Crippen molar-refractivity contribution in [3.63, 3.8) is 0 Å². The van der Waals surface area contributed by atoms with Gasteiger partial charge in [0.2, 0.25) is 0 Å². The van der Waals surface area contributed by atoms with E-state index in [0.29, 0.717) is 6.04 Å². The van der Waals surface area contributed by atoms with Gasteiger partial charge in [0.15, 0.2) is 0 Å². The molecule has 1 aromatic carbocycles. The van der Waals surface area contributed by atoms with E-state index in [-0.39, 0.29) is 0 Å². The zero-order valence-corrected chi connectivity index (χ0v) is 10.5. The Kier molecular flexibility index (Phi) is 4.02. The summed E-state index contributed by atoms with van der Waals surface area (Å²) in [5.74, 6) is 0.719. The second-order valence-corrected chi connectivity index (χ2v) is 4.81. The van der Waals surface area contributed by atoms with Crippen LogP contribution in [0.2, 0.25) is 0 Å². The Balaban J connectivity index is 2.10. The van der Waals surface area contributed by atoms with Gasteiger partial charge in [0.05, 0.1) is 18.8 Å². The standard InChI is InChI=1S/C14H21NO2/c1-10(16)12-5-3-4-6-13(12)15-14(9-17-2)11-7-8-11/h3-6,10-11,14-16H,7-9H2,1-2H3. The van der Waals surface area contributed by atoms with E-state index >= 15 is 0 Å².